The van der Waals surface area contributed by atoms with E-state index in [4.69, 9.17) is 10.2 Å². The van der Waals surface area contributed by atoms with Gasteiger partial charge in [0.15, 0.2) is 0 Å². The fraction of sp³-hybridized carbons (Fsp3) is 0.217. The number of aromatic nitrogens is 1. The molecule has 2 heterocycles. The zero-order chi connectivity index (χ0) is 22.5. The Bertz CT molecular complexity index is 1170. The molecular formula is C23H21N5O2S2. The second-order valence-corrected chi connectivity index (χ2v) is 9.38. The lowest BCUT2D eigenvalue weighted by atomic mass is 10.1. The van der Waals surface area contributed by atoms with Crippen LogP contribution in [0.15, 0.2) is 54.6 Å². The summed E-state index contributed by atoms with van der Waals surface area (Å²) in [7, 11) is 0. The minimum absolute atomic E-state index is 0.0672. The first-order chi connectivity index (χ1) is 15.5. The molecule has 1 fully saturated rings. The molecule has 2 atom stereocenters. The number of nitrogens with zero attached hydrogens (tertiary/aromatic N) is 2. The number of rotatable bonds is 6. The molecule has 1 aliphatic rings. The highest BCUT2D eigenvalue weighted by molar-refractivity contribution is 8.00. The fourth-order valence-electron chi connectivity index (χ4n) is 3.39. The summed E-state index contributed by atoms with van der Waals surface area (Å²) >= 11 is 2.89. The van der Waals surface area contributed by atoms with Crippen LogP contribution in [0.2, 0.25) is 0 Å². The number of nitriles is 1. The van der Waals surface area contributed by atoms with Gasteiger partial charge in [-0.3, -0.25) is 14.9 Å². The molecule has 3 N–H and O–H groups in total. The van der Waals surface area contributed by atoms with Gasteiger partial charge < -0.3 is 10.6 Å². The maximum atomic E-state index is 12.3. The van der Waals surface area contributed by atoms with Gasteiger partial charge >= 0.3 is 0 Å². The third kappa shape index (κ3) is 5.34. The second kappa shape index (κ2) is 9.96. The Hall–Kier alpha value is -3.19. The van der Waals surface area contributed by atoms with Crippen molar-refractivity contribution < 1.29 is 9.59 Å². The van der Waals surface area contributed by atoms with Gasteiger partial charge in [-0.25, -0.2) is 4.98 Å². The Kier molecular flexibility index (Phi) is 6.85. The lowest BCUT2D eigenvalue weighted by Crippen LogP contribution is -2.51. The highest BCUT2D eigenvalue weighted by Gasteiger charge is 2.30. The molecule has 2 unspecified atom stereocenters. The number of aryl methyl sites for hydroxylation is 1. The van der Waals surface area contributed by atoms with Crippen LogP contribution in [0.1, 0.15) is 28.6 Å². The molecular weight excluding hydrogens is 442 g/mol. The molecule has 0 aliphatic carbocycles. The number of thiazole rings is 1. The Morgan fingerprint density at radius 3 is 2.88 bits per heavy atom. The number of hydrogen-bond donors (Lipinski definition) is 3. The molecule has 0 radical (unpaired) electrons. The van der Waals surface area contributed by atoms with E-state index in [0.717, 1.165) is 21.1 Å². The third-order valence-corrected chi connectivity index (χ3v) is 7.20. The molecule has 0 bridgehead atoms. The molecule has 7 nitrogen and oxygen atoms in total. The molecule has 32 heavy (non-hydrogen) atoms. The van der Waals surface area contributed by atoms with Crippen LogP contribution in [-0.4, -0.2) is 28.0 Å². The predicted molar refractivity (Wildman–Crippen MR) is 127 cm³/mol. The molecule has 0 spiro atoms. The van der Waals surface area contributed by atoms with Gasteiger partial charge in [-0.15, -0.1) is 23.1 Å². The predicted octanol–water partition coefficient (Wildman–Crippen LogP) is 3.80. The minimum atomic E-state index is -0.390. The number of nitrogens with one attached hydrogen (secondary N) is 3. The van der Waals surface area contributed by atoms with E-state index < -0.39 is 0 Å². The molecule has 9 heteroatoms. The highest BCUT2D eigenvalue weighted by Crippen LogP contribution is 2.34. The summed E-state index contributed by atoms with van der Waals surface area (Å²) in [6.07, 6.45) is 0.321. The average Bonchev–Trinajstić information content (AvgIpc) is 3.20. The van der Waals surface area contributed by atoms with Gasteiger partial charge in [0.2, 0.25) is 11.8 Å². The molecule has 2 aromatic carbocycles. The SMILES string of the molecule is Cc1nc(-c2ccccc2)sc1C1CC(=O)NC(SCC(=O)Nc2cccc(C#N)c2)N1. The summed E-state index contributed by atoms with van der Waals surface area (Å²) < 4.78 is 0. The van der Waals surface area contributed by atoms with Gasteiger partial charge in [0.05, 0.1) is 29.1 Å². The summed E-state index contributed by atoms with van der Waals surface area (Å²) in [5.41, 5.74) is 2.62. The number of thioether (sulfide) groups is 1. The summed E-state index contributed by atoms with van der Waals surface area (Å²) in [5.74, 6) is -0.121. The topological polar surface area (TPSA) is 107 Å². The van der Waals surface area contributed by atoms with Crippen LogP contribution in [0.3, 0.4) is 0 Å². The summed E-state index contributed by atoms with van der Waals surface area (Å²) in [6, 6.07) is 18.6. The van der Waals surface area contributed by atoms with Crippen LogP contribution in [0.5, 0.6) is 0 Å². The van der Waals surface area contributed by atoms with Crippen LogP contribution in [0.4, 0.5) is 5.69 Å². The number of carbonyl (C=O) groups is 2. The van der Waals surface area contributed by atoms with Crippen molar-refractivity contribution in [2.75, 3.05) is 11.1 Å². The van der Waals surface area contributed by atoms with Gasteiger partial charge in [0.1, 0.15) is 10.5 Å². The van der Waals surface area contributed by atoms with E-state index in [-0.39, 0.29) is 29.1 Å². The first kappa shape index (κ1) is 22.0. The standard InChI is InChI=1S/C23H21N5O2S2/c1-14-21(32-22(25-14)16-7-3-2-4-8-16)18-11-19(29)28-23(27-18)31-13-20(30)26-17-9-5-6-15(10-17)12-24/h2-10,18,23,27H,11,13H2,1H3,(H,26,30)(H,28,29). The summed E-state index contributed by atoms with van der Waals surface area (Å²) in [6.45, 7) is 1.96. The number of hydrogen-bond acceptors (Lipinski definition) is 7. The zero-order valence-electron chi connectivity index (χ0n) is 17.3. The van der Waals surface area contributed by atoms with E-state index in [9.17, 15) is 9.59 Å². The van der Waals surface area contributed by atoms with Crippen molar-refractivity contribution in [1.29, 1.82) is 5.26 Å². The van der Waals surface area contributed by atoms with Crippen molar-refractivity contribution in [3.63, 3.8) is 0 Å². The largest absolute Gasteiger partial charge is 0.332 e. The van der Waals surface area contributed by atoms with E-state index in [1.165, 1.54) is 11.8 Å². The molecule has 2 amide bonds. The number of carbonyl (C=O) groups excluding carboxylic acids is 2. The fourth-order valence-corrected chi connectivity index (χ4v) is 5.39. The Labute approximate surface area is 194 Å². The maximum Gasteiger partial charge on any atom is 0.234 e. The van der Waals surface area contributed by atoms with Gasteiger partial charge in [0, 0.05) is 22.5 Å². The van der Waals surface area contributed by atoms with E-state index in [0.29, 0.717) is 17.7 Å². The van der Waals surface area contributed by atoms with Crippen molar-refractivity contribution in [2.45, 2.75) is 24.9 Å². The van der Waals surface area contributed by atoms with Crippen LogP contribution >= 0.6 is 23.1 Å². The lowest BCUT2D eigenvalue weighted by molar-refractivity contribution is -0.123. The molecule has 162 valence electrons. The Morgan fingerprint density at radius 1 is 1.28 bits per heavy atom. The zero-order valence-corrected chi connectivity index (χ0v) is 18.9. The monoisotopic (exact) mass is 463 g/mol. The summed E-state index contributed by atoms with van der Waals surface area (Å²) in [5, 5.41) is 19.0. The normalized spacial score (nSPS) is 17.9. The Morgan fingerprint density at radius 2 is 2.09 bits per heavy atom. The van der Waals surface area contributed by atoms with Crippen molar-refractivity contribution >= 4 is 40.6 Å². The van der Waals surface area contributed by atoms with Crippen LogP contribution in [0, 0.1) is 18.3 Å². The number of benzene rings is 2. The highest BCUT2D eigenvalue weighted by atomic mass is 32.2. The molecule has 1 saturated heterocycles. The van der Waals surface area contributed by atoms with E-state index in [2.05, 4.69) is 16.0 Å². The third-order valence-electron chi connectivity index (χ3n) is 4.86. The van der Waals surface area contributed by atoms with E-state index >= 15 is 0 Å². The first-order valence-electron chi connectivity index (χ1n) is 10.0. The molecule has 4 rings (SSSR count). The van der Waals surface area contributed by atoms with Gasteiger partial charge in [-0.2, -0.15) is 5.26 Å². The van der Waals surface area contributed by atoms with Gasteiger partial charge in [-0.05, 0) is 25.1 Å². The van der Waals surface area contributed by atoms with Crippen molar-refractivity contribution in [3.05, 3.63) is 70.7 Å². The van der Waals surface area contributed by atoms with Crippen molar-refractivity contribution in [2.24, 2.45) is 0 Å². The van der Waals surface area contributed by atoms with Gasteiger partial charge in [-0.1, -0.05) is 36.4 Å². The lowest BCUT2D eigenvalue weighted by Gasteiger charge is -2.30. The second-order valence-electron chi connectivity index (χ2n) is 7.26. The van der Waals surface area contributed by atoms with Gasteiger partial charge in [0.25, 0.3) is 0 Å². The van der Waals surface area contributed by atoms with Crippen molar-refractivity contribution in [1.82, 2.24) is 15.6 Å². The van der Waals surface area contributed by atoms with E-state index in [1.807, 2.05) is 43.3 Å². The molecule has 3 aromatic rings. The van der Waals surface area contributed by atoms with Crippen LogP contribution in [0.25, 0.3) is 10.6 Å². The van der Waals surface area contributed by atoms with E-state index in [1.54, 1.807) is 35.6 Å². The minimum Gasteiger partial charge on any atom is -0.332 e. The molecule has 0 saturated carbocycles. The quantitative estimate of drug-likeness (QED) is 0.513. The van der Waals surface area contributed by atoms with Crippen LogP contribution < -0.4 is 16.0 Å². The maximum absolute atomic E-state index is 12.3. The Balaban J connectivity index is 1.38. The molecule has 1 aromatic heterocycles. The average molecular weight is 464 g/mol. The number of anilines is 1. The molecule has 1 aliphatic heterocycles. The number of amides is 2. The summed E-state index contributed by atoms with van der Waals surface area (Å²) in [4.78, 5) is 30.4. The first-order valence-corrected chi connectivity index (χ1v) is 11.9. The van der Waals surface area contributed by atoms with Crippen molar-refractivity contribution in [3.8, 4) is 16.6 Å². The van der Waals surface area contributed by atoms with Crippen LogP contribution in [-0.2, 0) is 9.59 Å². The smallest absolute Gasteiger partial charge is 0.234 e.